The van der Waals surface area contributed by atoms with E-state index in [2.05, 4.69) is 15.6 Å². The number of rotatable bonds is 7. The number of nitrogens with one attached hydrogen (secondary N) is 2. The highest BCUT2D eigenvalue weighted by atomic mass is 19.1. The second-order valence-electron chi connectivity index (χ2n) is 6.59. The van der Waals surface area contributed by atoms with Gasteiger partial charge in [0.15, 0.2) is 17.5 Å². The Morgan fingerprint density at radius 3 is 2.21 bits per heavy atom. The molecule has 29 heavy (non-hydrogen) atoms. The molecule has 2 unspecified atom stereocenters. The van der Waals surface area contributed by atoms with E-state index in [1.807, 2.05) is 6.92 Å². The number of nitrogens with zero attached hydrogens (tertiary/aromatic N) is 1. The molecule has 0 radical (unpaired) electrons. The highest BCUT2D eigenvalue weighted by Crippen LogP contribution is 2.43. The third kappa shape index (κ3) is 4.52. The highest BCUT2D eigenvalue weighted by molar-refractivity contribution is 5.94. The molecule has 0 aromatic heterocycles. The normalized spacial score (nSPS) is 18.2. The first-order chi connectivity index (χ1) is 14.0. The molecule has 156 valence electrons. The molecule has 2 aromatic carbocycles. The van der Waals surface area contributed by atoms with E-state index in [-0.39, 0.29) is 17.5 Å². The van der Waals surface area contributed by atoms with Crippen LogP contribution in [0.25, 0.3) is 0 Å². The van der Waals surface area contributed by atoms with Gasteiger partial charge in [0.1, 0.15) is 11.6 Å². The molecule has 0 amide bonds. The molecule has 0 saturated heterocycles. The van der Waals surface area contributed by atoms with Crippen LogP contribution >= 0.6 is 0 Å². The maximum atomic E-state index is 14.0. The average molecular weight is 405 g/mol. The number of halogens is 2. The molecule has 2 aromatic rings. The monoisotopic (exact) mass is 405 g/mol. The molecular weight excluding hydrogens is 380 g/mol. The minimum absolute atomic E-state index is 0.110. The number of ether oxygens (including phenoxy) is 3. The quantitative estimate of drug-likeness (QED) is 0.540. The smallest absolute Gasteiger partial charge is 0.203 e. The zero-order chi connectivity index (χ0) is 21.0. The summed E-state index contributed by atoms with van der Waals surface area (Å²) in [6.07, 6.45) is 0.623. The Labute approximate surface area is 168 Å². The van der Waals surface area contributed by atoms with Crippen LogP contribution in [0.5, 0.6) is 17.2 Å². The predicted molar refractivity (Wildman–Crippen MR) is 108 cm³/mol. The lowest BCUT2D eigenvalue weighted by molar-refractivity contribution is 0.324. The van der Waals surface area contributed by atoms with E-state index >= 15 is 0 Å². The Kier molecular flexibility index (Phi) is 6.41. The molecule has 3 rings (SSSR count). The third-order valence-electron chi connectivity index (χ3n) is 4.73. The molecule has 8 heteroatoms. The van der Waals surface area contributed by atoms with Gasteiger partial charge in [0.2, 0.25) is 5.75 Å². The Morgan fingerprint density at radius 2 is 1.69 bits per heavy atom. The number of benzene rings is 2. The van der Waals surface area contributed by atoms with E-state index in [0.717, 1.165) is 0 Å². The molecule has 0 spiro atoms. The van der Waals surface area contributed by atoms with Gasteiger partial charge in [0.25, 0.3) is 0 Å². The van der Waals surface area contributed by atoms with Gasteiger partial charge in [-0.25, -0.2) is 8.78 Å². The number of guanidine groups is 1. The minimum atomic E-state index is -0.522. The lowest BCUT2D eigenvalue weighted by Crippen LogP contribution is -2.33. The van der Waals surface area contributed by atoms with E-state index in [9.17, 15) is 8.78 Å². The van der Waals surface area contributed by atoms with E-state index in [4.69, 9.17) is 14.2 Å². The fourth-order valence-electron chi connectivity index (χ4n) is 3.28. The minimum Gasteiger partial charge on any atom is -0.493 e. The van der Waals surface area contributed by atoms with Crippen molar-refractivity contribution in [2.24, 2.45) is 4.99 Å². The van der Waals surface area contributed by atoms with Gasteiger partial charge in [0.05, 0.1) is 21.3 Å². The van der Waals surface area contributed by atoms with Gasteiger partial charge in [0, 0.05) is 41.9 Å². The van der Waals surface area contributed by atoms with Crippen molar-refractivity contribution in [3.63, 3.8) is 0 Å². The molecule has 1 saturated carbocycles. The molecule has 6 nitrogen and oxygen atoms in total. The summed E-state index contributed by atoms with van der Waals surface area (Å²) in [5.74, 6) is 0.716. The Morgan fingerprint density at radius 1 is 1.07 bits per heavy atom. The fourth-order valence-corrected chi connectivity index (χ4v) is 3.28. The topological polar surface area (TPSA) is 64.1 Å². The maximum absolute atomic E-state index is 14.0. The summed E-state index contributed by atoms with van der Waals surface area (Å²) in [5.41, 5.74) is 0.794. The van der Waals surface area contributed by atoms with Gasteiger partial charge >= 0.3 is 0 Å². The number of aliphatic imine (C=N–C) groups is 1. The van der Waals surface area contributed by atoms with Gasteiger partial charge in [-0.15, -0.1) is 0 Å². The first-order valence-electron chi connectivity index (χ1n) is 9.34. The molecule has 1 aliphatic carbocycles. The second-order valence-corrected chi connectivity index (χ2v) is 6.59. The van der Waals surface area contributed by atoms with Crippen LogP contribution in [0, 0.1) is 11.6 Å². The number of anilines is 1. The molecule has 1 fully saturated rings. The lowest BCUT2D eigenvalue weighted by Gasteiger charge is -2.17. The standard InChI is InChI=1S/C21H25F2N3O3/c1-5-24-21(25-12-9-17(27-2)20(29-4)18(10-12)28-3)26-16-11-13(16)19-14(22)7-6-8-15(19)23/h6-10,13,16H,5,11H2,1-4H3,(H2,24,25,26). The molecule has 1 aliphatic rings. The van der Waals surface area contributed by atoms with Crippen molar-refractivity contribution in [1.82, 2.24) is 5.32 Å². The van der Waals surface area contributed by atoms with Crippen LogP contribution in [-0.2, 0) is 0 Å². The van der Waals surface area contributed by atoms with Crippen molar-refractivity contribution in [3.05, 3.63) is 47.5 Å². The summed E-state index contributed by atoms with van der Waals surface area (Å²) in [6.45, 7) is 2.44. The molecule has 2 atom stereocenters. The van der Waals surface area contributed by atoms with Crippen molar-refractivity contribution in [3.8, 4) is 17.2 Å². The molecule has 0 heterocycles. The lowest BCUT2D eigenvalue weighted by atomic mass is 10.1. The highest BCUT2D eigenvalue weighted by Gasteiger charge is 2.42. The van der Waals surface area contributed by atoms with Crippen LogP contribution in [-0.4, -0.2) is 39.9 Å². The Bertz CT molecular complexity index is 859. The summed E-state index contributed by atoms with van der Waals surface area (Å²) in [6, 6.07) is 7.34. The van der Waals surface area contributed by atoms with Crippen molar-refractivity contribution < 1.29 is 23.0 Å². The summed E-state index contributed by atoms with van der Waals surface area (Å²) in [5, 5.41) is 6.43. The van der Waals surface area contributed by atoms with Gasteiger partial charge in [-0.3, -0.25) is 4.99 Å². The number of hydrogen-bond acceptors (Lipinski definition) is 4. The number of hydrogen-bond donors (Lipinski definition) is 2. The van der Waals surface area contributed by atoms with Crippen LogP contribution in [0.2, 0.25) is 0 Å². The third-order valence-corrected chi connectivity index (χ3v) is 4.73. The SMILES string of the molecule is CCN=C(Nc1cc(OC)c(OC)c(OC)c1)NC1CC1c1c(F)cccc1F. The summed E-state index contributed by atoms with van der Waals surface area (Å²) in [4.78, 5) is 4.42. The molecule has 0 bridgehead atoms. The average Bonchev–Trinajstić information content (AvgIpc) is 3.45. The van der Waals surface area contributed by atoms with Gasteiger partial charge in [-0.1, -0.05) is 6.07 Å². The van der Waals surface area contributed by atoms with Crippen LogP contribution < -0.4 is 24.8 Å². The summed E-state index contributed by atoms with van der Waals surface area (Å²) < 4.78 is 44.1. The number of methoxy groups -OCH3 is 3. The van der Waals surface area contributed by atoms with E-state index in [1.165, 1.54) is 39.5 Å². The largest absolute Gasteiger partial charge is 0.493 e. The van der Waals surface area contributed by atoms with Gasteiger partial charge in [-0.2, -0.15) is 0 Å². The van der Waals surface area contributed by atoms with Gasteiger partial charge in [-0.05, 0) is 25.5 Å². The van der Waals surface area contributed by atoms with Crippen molar-refractivity contribution in [2.45, 2.75) is 25.3 Å². The Balaban J connectivity index is 1.76. The van der Waals surface area contributed by atoms with E-state index in [0.29, 0.717) is 41.9 Å². The van der Waals surface area contributed by atoms with Gasteiger partial charge < -0.3 is 24.8 Å². The molecule has 0 aliphatic heterocycles. The summed E-state index contributed by atoms with van der Waals surface area (Å²) >= 11 is 0. The van der Waals surface area contributed by atoms with Crippen molar-refractivity contribution >= 4 is 11.6 Å². The zero-order valence-corrected chi connectivity index (χ0v) is 16.9. The van der Waals surface area contributed by atoms with Crippen LogP contribution in [0.15, 0.2) is 35.3 Å². The Hall–Kier alpha value is -3.03. The van der Waals surface area contributed by atoms with E-state index < -0.39 is 11.6 Å². The second kappa shape index (κ2) is 8.98. The molecular formula is C21H25F2N3O3. The van der Waals surface area contributed by atoms with Crippen molar-refractivity contribution in [1.29, 1.82) is 0 Å². The summed E-state index contributed by atoms with van der Waals surface area (Å²) in [7, 11) is 4.62. The predicted octanol–water partition coefficient (Wildman–Crippen LogP) is 3.92. The van der Waals surface area contributed by atoms with Crippen LogP contribution in [0.4, 0.5) is 14.5 Å². The first-order valence-corrected chi connectivity index (χ1v) is 9.34. The fraction of sp³-hybridized carbons (Fsp3) is 0.381. The zero-order valence-electron chi connectivity index (χ0n) is 16.9. The van der Waals surface area contributed by atoms with Crippen LogP contribution in [0.3, 0.4) is 0 Å². The molecule has 2 N–H and O–H groups in total. The first kappa shape index (κ1) is 20.7. The van der Waals surface area contributed by atoms with E-state index in [1.54, 1.807) is 12.1 Å². The maximum Gasteiger partial charge on any atom is 0.203 e. The van der Waals surface area contributed by atoms with Crippen LogP contribution in [0.1, 0.15) is 24.8 Å². The van der Waals surface area contributed by atoms with Crippen molar-refractivity contribution in [2.75, 3.05) is 33.2 Å².